The van der Waals surface area contributed by atoms with Crippen molar-refractivity contribution in [3.63, 3.8) is 0 Å². The Morgan fingerprint density at radius 3 is 2.00 bits per heavy atom. The molecule has 0 aromatic heterocycles. The molecule has 0 radical (unpaired) electrons. The Labute approximate surface area is 135 Å². The minimum absolute atomic E-state index is 0.398. The first kappa shape index (κ1) is 16.1. The highest BCUT2D eigenvalue weighted by atomic mass is 32.2. The van der Waals surface area contributed by atoms with Crippen molar-refractivity contribution in [1.82, 2.24) is 0 Å². The summed E-state index contributed by atoms with van der Waals surface area (Å²) in [4.78, 5) is 19.5. The van der Waals surface area contributed by atoms with Crippen molar-refractivity contribution in [3.8, 4) is 0 Å². The van der Waals surface area contributed by atoms with Crippen molar-refractivity contribution in [2.45, 2.75) is 19.6 Å². The van der Waals surface area contributed by atoms with E-state index in [-0.39, 0.29) is 0 Å². The van der Waals surface area contributed by atoms with Crippen LogP contribution in [0.1, 0.15) is 20.7 Å². The predicted octanol–water partition coefficient (Wildman–Crippen LogP) is 1.06. The van der Waals surface area contributed by atoms with E-state index in [0.717, 1.165) is 36.4 Å². The predicted molar refractivity (Wildman–Crippen MR) is 77.7 cm³/mol. The zero-order valence-electron chi connectivity index (χ0n) is 11.6. The summed E-state index contributed by atoms with van der Waals surface area (Å²) in [5.41, 5.74) is -1.06. The van der Waals surface area contributed by atoms with Gasteiger partial charge in [-0.2, -0.15) is 0 Å². The van der Waals surface area contributed by atoms with Gasteiger partial charge in [0.2, 0.25) is 19.7 Å². The van der Waals surface area contributed by atoms with Crippen LogP contribution >= 0.6 is 0 Å². The molecule has 24 heavy (non-hydrogen) atoms. The van der Waals surface area contributed by atoms with E-state index in [1.54, 1.807) is 0 Å². The lowest BCUT2D eigenvalue weighted by atomic mass is 10.2. The van der Waals surface area contributed by atoms with E-state index in [9.17, 15) is 31.5 Å². The van der Waals surface area contributed by atoms with E-state index in [1.165, 1.54) is 0 Å². The fourth-order valence-electron chi connectivity index (χ4n) is 2.47. The molecule has 124 valence electrons. The fraction of sp³-hybridized carbons (Fsp3) is 0. The lowest BCUT2D eigenvalue weighted by Crippen LogP contribution is -2.23. The van der Waals surface area contributed by atoms with Gasteiger partial charge in [0.1, 0.15) is 4.90 Å². The lowest BCUT2D eigenvalue weighted by Gasteiger charge is -2.21. The van der Waals surface area contributed by atoms with E-state index in [4.69, 9.17) is 5.11 Å². The third kappa shape index (κ3) is 2.03. The maximum absolute atomic E-state index is 12.7. The second kappa shape index (κ2) is 4.89. The highest BCUT2D eigenvalue weighted by Crippen LogP contribution is 2.42. The summed E-state index contributed by atoms with van der Waals surface area (Å²) < 4.78 is 50.8. The van der Waals surface area contributed by atoms with Crippen LogP contribution in [0, 0.1) is 0 Å². The first-order valence-corrected chi connectivity index (χ1v) is 9.29. The number of aromatic carboxylic acids is 2. The van der Waals surface area contributed by atoms with Crippen molar-refractivity contribution in [3.05, 3.63) is 47.5 Å². The Bertz CT molecular complexity index is 1120. The Morgan fingerprint density at radius 1 is 0.750 bits per heavy atom. The van der Waals surface area contributed by atoms with E-state index < -0.39 is 62.3 Å². The van der Waals surface area contributed by atoms with Gasteiger partial charge in [0.05, 0.1) is 25.8 Å². The van der Waals surface area contributed by atoms with Gasteiger partial charge in [-0.3, -0.25) is 0 Å². The SMILES string of the molecule is O=C(O)c1ccc2c(c1)S(=O)(=O)c1cccc(C(=O)O)c1S2(=O)=O. The summed E-state index contributed by atoms with van der Waals surface area (Å²) in [6.07, 6.45) is 0. The van der Waals surface area contributed by atoms with Crippen molar-refractivity contribution in [2.24, 2.45) is 0 Å². The molecule has 0 bridgehead atoms. The summed E-state index contributed by atoms with van der Waals surface area (Å²) in [7, 11) is -8.83. The van der Waals surface area contributed by atoms with Crippen LogP contribution in [0.15, 0.2) is 56.0 Å². The number of rotatable bonds is 2. The molecule has 0 aliphatic carbocycles. The molecular formula is C14H8O8S2. The van der Waals surface area contributed by atoms with Crippen molar-refractivity contribution >= 4 is 31.6 Å². The monoisotopic (exact) mass is 368 g/mol. The van der Waals surface area contributed by atoms with Gasteiger partial charge in [-0.25, -0.2) is 26.4 Å². The van der Waals surface area contributed by atoms with Crippen LogP contribution in [0.3, 0.4) is 0 Å². The molecule has 2 N–H and O–H groups in total. The Kier molecular flexibility index (Phi) is 3.29. The number of fused-ring (bicyclic) bond motifs is 2. The molecule has 0 spiro atoms. The van der Waals surface area contributed by atoms with Gasteiger partial charge in [-0.1, -0.05) is 6.07 Å². The zero-order chi connectivity index (χ0) is 17.9. The quantitative estimate of drug-likeness (QED) is 0.683. The van der Waals surface area contributed by atoms with Gasteiger partial charge in [-0.15, -0.1) is 0 Å². The van der Waals surface area contributed by atoms with Gasteiger partial charge >= 0.3 is 11.9 Å². The average molecular weight is 368 g/mol. The second-order valence-corrected chi connectivity index (χ2v) is 8.65. The minimum Gasteiger partial charge on any atom is -0.478 e. The number of carboxylic acids is 2. The van der Waals surface area contributed by atoms with Gasteiger partial charge in [0.15, 0.2) is 0 Å². The lowest BCUT2D eigenvalue weighted by molar-refractivity contribution is 0.0683. The molecule has 0 unspecified atom stereocenters. The van der Waals surface area contributed by atoms with Gasteiger partial charge in [-0.05, 0) is 30.3 Å². The molecular weight excluding hydrogens is 360 g/mol. The molecule has 2 aromatic carbocycles. The molecule has 8 nitrogen and oxygen atoms in total. The van der Waals surface area contributed by atoms with Crippen molar-refractivity contribution in [1.29, 1.82) is 0 Å². The second-order valence-electron chi connectivity index (χ2n) is 4.91. The summed E-state index contributed by atoms with van der Waals surface area (Å²) in [5.74, 6) is -3.01. The number of carbonyl (C=O) groups is 2. The number of hydrogen-bond acceptors (Lipinski definition) is 6. The van der Waals surface area contributed by atoms with Crippen LogP contribution in [-0.4, -0.2) is 39.0 Å². The molecule has 2 aromatic rings. The highest BCUT2D eigenvalue weighted by Gasteiger charge is 2.42. The van der Waals surface area contributed by atoms with Crippen molar-refractivity contribution < 1.29 is 36.6 Å². The molecule has 1 aliphatic rings. The topological polar surface area (TPSA) is 143 Å². The first-order chi connectivity index (χ1) is 11.1. The third-order valence-corrected chi connectivity index (χ3v) is 7.54. The van der Waals surface area contributed by atoms with Crippen LogP contribution in [0.2, 0.25) is 0 Å². The van der Waals surface area contributed by atoms with E-state index in [2.05, 4.69) is 0 Å². The maximum Gasteiger partial charge on any atom is 0.337 e. The van der Waals surface area contributed by atoms with Crippen molar-refractivity contribution in [2.75, 3.05) is 0 Å². The molecule has 3 rings (SSSR count). The summed E-state index contributed by atoms with van der Waals surface area (Å²) >= 11 is 0. The number of carboxylic acid groups (broad SMARTS) is 2. The zero-order valence-corrected chi connectivity index (χ0v) is 13.3. The average Bonchev–Trinajstić information content (AvgIpc) is 2.52. The standard InChI is InChI=1S/C14H8O8S2/c15-13(16)7-4-5-9-11(6-7)23(19,20)10-3-1-2-8(14(17)18)12(10)24(9,21)22/h1-6H,(H,15,16)(H,17,18). The van der Waals surface area contributed by atoms with E-state index >= 15 is 0 Å². The summed E-state index contributed by atoms with van der Waals surface area (Å²) in [6, 6.07) is 5.63. The smallest absolute Gasteiger partial charge is 0.337 e. The maximum atomic E-state index is 12.7. The van der Waals surface area contributed by atoms with E-state index in [1.807, 2.05) is 0 Å². The molecule has 1 heterocycles. The Balaban J connectivity index is 2.51. The molecule has 0 saturated carbocycles. The Hall–Kier alpha value is -2.72. The molecule has 0 amide bonds. The molecule has 0 atom stereocenters. The van der Waals surface area contributed by atoms with Gasteiger partial charge in [0, 0.05) is 0 Å². The number of benzene rings is 2. The van der Waals surface area contributed by atoms with Crippen LogP contribution < -0.4 is 0 Å². The highest BCUT2D eigenvalue weighted by molar-refractivity contribution is 7.97. The van der Waals surface area contributed by atoms with Gasteiger partial charge < -0.3 is 10.2 Å². The molecule has 0 fully saturated rings. The van der Waals surface area contributed by atoms with Crippen LogP contribution in [0.4, 0.5) is 0 Å². The largest absolute Gasteiger partial charge is 0.478 e. The van der Waals surface area contributed by atoms with Crippen LogP contribution in [0.5, 0.6) is 0 Å². The third-order valence-electron chi connectivity index (χ3n) is 3.54. The van der Waals surface area contributed by atoms with Crippen LogP contribution in [0.25, 0.3) is 0 Å². The normalized spacial score (nSPS) is 16.7. The molecule has 0 saturated heterocycles. The van der Waals surface area contributed by atoms with Gasteiger partial charge in [0.25, 0.3) is 0 Å². The summed E-state index contributed by atoms with van der Waals surface area (Å²) in [5, 5.41) is 18.1. The van der Waals surface area contributed by atoms with Crippen LogP contribution in [-0.2, 0) is 19.7 Å². The molecule has 1 aliphatic heterocycles. The number of sulfone groups is 2. The molecule has 10 heteroatoms. The van der Waals surface area contributed by atoms with E-state index in [0.29, 0.717) is 0 Å². The number of hydrogen-bond donors (Lipinski definition) is 2. The minimum atomic E-state index is -4.44. The first-order valence-electron chi connectivity index (χ1n) is 6.32. The fourth-order valence-corrected chi connectivity index (χ4v) is 6.82. The summed E-state index contributed by atoms with van der Waals surface area (Å²) in [6.45, 7) is 0. The Morgan fingerprint density at radius 2 is 1.42 bits per heavy atom.